The molecule has 7 nitrogen and oxygen atoms in total. The molecule has 0 radical (unpaired) electrons. The standard InChI is InChI=1S/C19H28N2O5S/c1-19(2,3)26-18(23)21-10-9-20(16(11-21)14-25-27)12-17(22)24-13-15-7-5-4-6-8-15/h4-8,16,27H,9-14H2,1-3H3/t16-/m1/s1. The monoisotopic (exact) mass is 396 g/mol. The molecule has 1 amide bonds. The molecule has 2 rings (SSSR count). The van der Waals surface area contributed by atoms with E-state index in [4.69, 9.17) is 13.7 Å². The van der Waals surface area contributed by atoms with Crippen LogP contribution in [0.5, 0.6) is 0 Å². The third-order valence-electron chi connectivity index (χ3n) is 4.10. The summed E-state index contributed by atoms with van der Waals surface area (Å²) < 4.78 is 15.7. The number of benzene rings is 1. The maximum Gasteiger partial charge on any atom is 0.410 e. The lowest BCUT2D eigenvalue weighted by atomic mass is 10.1. The van der Waals surface area contributed by atoms with E-state index in [2.05, 4.69) is 12.9 Å². The maximum atomic E-state index is 12.3. The van der Waals surface area contributed by atoms with Gasteiger partial charge in [0.15, 0.2) is 0 Å². The van der Waals surface area contributed by atoms with Gasteiger partial charge in [-0.3, -0.25) is 9.69 Å². The number of hydrogen-bond donors (Lipinski definition) is 1. The number of thiol groups is 1. The van der Waals surface area contributed by atoms with Crippen molar-refractivity contribution in [3.05, 3.63) is 35.9 Å². The van der Waals surface area contributed by atoms with Gasteiger partial charge in [0, 0.05) is 19.6 Å². The molecule has 0 unspecified atom stereocenters. The molecule has 8 heteroatoms. The van der Waals surface area contributed by atoms with Gasteiger partial charge in [-0.05, 0) is 39.2 Å². The average Bonchev–Trinajstić information content (AvgIpc) is 2.61. The van der Waals surface area contributed by atoms with Gasteiger partial charge < -0.3 is 18.6 Å². The molecule has 1 saturated heterocycles. The zero-order valence-electron chi connectivity index (χ0n) is 16.1. The van der Waals surface area contributed by atoms with Crippen molar-refractivity contribution in [1.82, 2.24) is 9.80 Å². The zero-order chi connectivity index (χ0) is 19.9. The SMILES string of the molecule is CC(C)(C)OC(=O)N1CCN(CC(=O)OCc2ccccc2)[C@@H](COS)C1. The van der Waals surface area contributed by atoms with Crippen LogP contribution >= 0.6 is 12.9 Å². The lowest BCUT2D eigenvalue weighted by molar-refractivity contribution is -0.147. The molecule has 1 atom stereocenters. The largest absolute Gasteiger partial charge is 0.460 e. The summed E-state index contributed by atoms with van der Waals surface area (Å²) >= 11 is 3.82. The van der Waals surface area contributed by atoms with Gasteiger partial charge >= 0.3 is 12.1 Å². The first-order valence-corrected chi connectivity index (χ1v) is 9.33. The summed E-state index contributed by atoms with van der Waals surface area (Å²) in [5.74, 6) is -0.311. The van der Waals surface area contributed by atoms with Crippen LogP contribution < -0.4 is 0 Å². The average molecular weight is 397 g/mol. The third-order valence-corrected chi connectivity index (χ3v) is 4.25. The minimum absolute atomic E-state index is 0.136. The molecular weight excluding hydrogens is 368 g/mol. The minimum atomic E-state index is -0.551. The predicted molar refractivity (Wildman–Crippen MR) is 104 cm³/mol. The second-order valence-corrected chi connectivity index (χ2v) is 7.75. The molecule has 1 aromatic carbocycles. The second-order valence-electron chi connectivity index (χ2n) is 7.49. The highest BCUT2D eigenvalue weighted by Crippen LogP contribution is 2.16. The molecule has 1 aliphatic heterocycles. The Morgan fingerprint density at radius 2 is 1.89 bits per heavy atom. The first-order valence-electron chi connectivity index (χ1n) is 8.96. The van der Waals surface area contributed by atoms with Gasteiger partial charge in [-0.1, -0.05) is 30.3 Å². The number of ether oxygens (including phenoxy) is 2. The molecule has 0 aromatic heterocycles. The predicted octanol–water partition coefficient (Wildman–Crippen LogP) is 2.51. The van der Waals surface area contributed by atoms with Crippen LogP contribution in [0.4, 0.5) is 4.79 Å². The van der Waals surface area contributed by atoms with Gasteiger partial charge in [0.2, 0.25) is 0 Å². The Morgan fingerprint density at radius 1 is 1.19 bits per heavy atom. The molecule has 0 aliphatic carbocycles. The van der Waals surface area contributed by atoms with E-state index in [1.165, 1.54) is 0 Å². The molecule has 0 saturated carbocycles. The maximum absolute atomic E-state index is 12.3. The molecule has 1 aromatic rings. The van der Waals surface area contributed by atoms with Crippen LogP contribution in [0, 0.1) is 0 Å². The van der Waals surface area contributed by atoms with Crippen molar-refractivity contribution in [2.75, 3.05) is 32.8 Å². The summed E-state index contributed by atoms with van der Waals surface area (Å²) in [5, 5.41) is 0. The number of hydrogen-bond acceptors (Lipinski definition) is 7. The Hall–Kier alpha value is -1.77. The molecule has 0 spiro atoms. The summed E-state index contributed by atoms with van der Waals surface area (Å²) in [6.07, 6.45) is -0.363. The Morgan fingerprint density at radius 3 is 2.52 bits per heavy atom. The van der Waals surface area contributed by atoms with Crippen LogP contribution in [-0.2, 0) is 25.1 Å². The van der Waals surface area contributed by atoms with E-state index >= 15 is 0 Å². The number of carbonyl (C=O) groups is 2. The Labute approximate surface area is 166 Å². The van der Waals surface area contributed by atoms with Crippen LogP contribution in [0.2, 0.25) is 0 Å². The van der Waals surface area contributed by atoms with Crippen molar-refractivity contribution in [1.29, 1.82) is 0 Å². The number of esters is 1. The molecular formula is C19H28N2O5S. The van der Waals surface area contributed by atoms with E-state index < -0.39 is 5.60 Å². The molecule has 0 N–H and O–H groups in total. The fraction of sp³-hybridized carbons (Fsp3) is 0.579. The van der Waals surface area contributed by atoms with Crippen molar-refractivity contribution >= 4 is 25.0 Å². The van der Waals surface area contributed by atoms with Gasteiger partial charge in [0.25, 0.3) is 0 Å². The summed E-state index contributed by atoms with van der Waals surface area (Å²) in [4.78, 5) is 28.1. The zero-order valence-corrected chi connectivity index (χ0v) is 17.0. The van der Waals surface area contributed by atoms with Crippen LogP contribution in [0.15, 0.2) is 30.3 Å². The van der Waals surface area contributed by atoms with E-state index in [-0.39, 0.29) is 37.9 Å². The van der Waals surface area contributed by atoms with Gasteiger partial charge in [0.05, 0.1) is 19.2 Å². The van der Waals surface area contributed by atoms with E-state index in [9.17, 15) is 9.59 Å². The highest BCUT2D eigenvalue weighted by atomic mass is 32.1. The Balaban J connectivity index is 1.87. The quantitative estimate of drug-likeness (QED) is 0.453. The fourth-order valence-electron chi connectivity index (χ4n) is 2.79. The van der Waals surface area contributed by atoms with Gasteiger partial charge in [-0.25, -0.2) is 4.79 Å². The number of amides is 1. The fourth-order valence-corrected chi connectivity index (χ4v) is 2.96. The molecule has 150 valence electrons. The van der Waals surface area contributed by atoms with Gasteiger partial charge in [-0.2, -0.15) is 0 Å². The van der Waals surface area contributed by atoms with E-state index in [0.29, 0.717) is 19.6 Å². The lowest BCUT2D eigenvalue weighted by Crippen LogP contribution is -2.57. The minimum Gasteiger partial charge on any atom is -0.460 e. The van der Waals surface area contributed by atoms with Crippen LogP contribution in [0.3, 0.4) is 0 Å². The van der Waals surface area contributed by atoms with E-state index in [1.54, 1.807) is 4.90 Å². The van der Waals surface area contributed by atoms with Crippen LogP contribution in [0.1, 0.15) is 26.3 Å². The first-order chi connectivity index (χ1) is 12.8. The molecule has 27 heavy (non-hydrogen) atoms. The smallest absolute Gasteiger partial charge is 0.410 e. The van der Waals surface area contributed by atoms with Gasteiger partial charge in [0.1, 0.15) is 12.2 Å². The molecule has 0 bridgehead atoms. The van der Waals surface area contributed by atoms with Crippen molar-refractivity contribution in [3.63, 3.8) is 0 Å². The van der Waals surface area contributed by atoms with E-state index in [1.807, 2.05) is 56.0 Å². The Bertz CT molecular complexity index is 620. The van der Waals surface area contributed by atoms with Crippen LogP contribution in [0.25, 0.3) is 0 Å². The molecule has 1 fully saturated rings. The number of nitrogens with zero attached hydrogens (tertiary/aromatic N) is 2. The van der Waals surface area contributed by atoms with Crippen molar-refractivity contribution < 1.29 is 23.2 Å². The number of piperazine rings is 1. The summed E-state index contributed by atoms with van der Waals surface area (Å²) in [6.45, 7) is 7.57. The summed E-state index contributed by atoms with van der Waals surface area (Å²) in [5.41, 5.74) is 0.390. The van der Waals surface area contributed by atoms with Crippen LogP contribution in [-0.4, -0.2) is 66.3 Å². The number of carbonyl (C=O) groups excluding carboxylic acids is 2. The highest BCUT2D eigenvalue weighted by molar-refractivity contribution is 7.75. The second kappa shape index (κ2) is 9.96. The third kappa shape index (κ3) is 7.40. The number of rotatable bonds is 6. The van der Waals surface area contributed by atoms with Crippen molar-refractivity contribution in [2.45, 2.75) is 39.0 Å². The lowest BCUT2D eigenvalue weighted by Gasteiger charge is -2.40. The molecule has 1 aliphatic rings. The first kappa shape index (κ1) is 21.5. The summed E-state index contributed by atoms with van der Waals surface area (Å²) in [7, 11) is 0. The Kier molecular flexibility index (Phi) is 7.94. The molecule has 1 heterocycles. The van der Waals surface area contributed by atoms with Crippen molar-refractivity contribution in [3.8, 4) is 0 Å². The van der Waals surface area contributed by atoms with Gasteiger partial charge in [-0.15, -0.1) is 0 Å². The van der Waals surface area contributed by atoms with E-state index in [0.717, 1.165) is 5.56 Å². The topological polar surface area (TPSA) is 68.3 Å². The van der Waals surface area contributed by atoms with Crippen molar-refractivity contribution in [2.24, 2.45) is 0 Å². The normalized spacial score (nSPS) is 18.2. The summed E-state index contributed by atoms with van der Waals surface area (Å²) in [6, 6.07) is 9.37. The highest BCUT2D eigenvalue weighted by Gasteiger charge is 2.33.